The van der Waals surface area contributed by atoms with E-state index in [4.69, 9.17) is 17.3 Å². The number of nitrogen functional groups attached to an aromatic ring is 1. The number of nitrogens with one attached hydrogen (secondary N) is 1. The smallest absolute Gasteiger partial charge is 0.209 e. The van der Waals surface area contributed by atoms with Crippen LogP contribution in [0.5, 0.6) is 0 Å². The molecule has 0 amide bonds. The van der Waals surface area contributed by atoms with Crippen LogP contribution in [0.3, 0.4) is 0 Å². The fourth-order valence-electron chi connectivity index (χ4n) is 3.19. The number of hydrogen-bond acceptors (Lipinski definition) is 9. The van der Waals surface area contributed by atoms with Crippen LogP contribution in [-0.4, -0.2) is 62.3 Å². The Morgan fingerprint density at radius 3 is 2.63 bits per heavy atom. The third-order valence-corrected chi connectivity index (χ3v) is 5.69. The quantitative estimate of drug-likeness (QED) is 0.334. The van der Waals surface area contributed by atoms with E-state index >= 15 is 0 Å². The van der Waals surface area contributed by atoms with E-state index in [0.717, 1.165) is 4.88 Å². The summed E-state index contributed by atoms with van der Waals surface area (Å²) in [4.78, 5) is 24.6. The van der Waals surface area contributed by atoms with Crippen molar-refractivity contribution >= 4 is 46.2 Å². The van der Waals surface area contributed by atoms with E-state index in [1.165, 1.54) is 17.7 Å². The minimum Gasteiger partial charge on any atom is -0.390 e. The molecule has 30 heavy (non-hydrogen) atoms. The molecule has 0 radical (unpaired) electrons. The number of imidazole rings is 1. The lowest BCUT2D eigenvalue weighted by molar-refractivity contribution is -0.114. The third-order valence-electron chi connectivity index (χ3n) is 4.55. The lowest BCUT2D eigenvalue weighted by Crippen LogP contribution is -2.29. The number of carbonyl (C=O) groups excluding carboxylic acids is 1. The van der Waals surface area contributed by atoms with E-state index < -0.39 is 24.2 Å². The largest absolute Gasteiger partial charge is 0.390 e. The molecule has 0 aliphatic heterocycles. The fraction of sp³-hybridized carbons (Fsp3) is 0.368. The maximum Gasteiger partial charge on any atom is 0.209 e. The van der Waals surface area contributed by atoms with E-state index in [1.807, 2.05) is 14.1 Å². The van der Waals surface area contributed by atoms with Gasteiger partial charge in [0, 0.05) is 5.92 Å². The molecular formula is C19H21ClN6O3S. The number of halogens is 1. The van der Waals surface area contributed by atoms with Crippen molar-refractivity contribution in [2.45, 2.75) is 24.7 Å². The predicted octanol–water partition coefficient (Wildman–Crippen LogP) is 0.840. The van der Waals surface area contributed by atoms with E-state index in [9.17, 15) is 15.0 Å². The van der Waals surface area contributed by atoms with E-state index in [2.05, 4.69) is 32.1 Å². The van der Waals surface area contributed by atoms with Crippen molar-refractivity contribution in [1.29, 1.82) is 0 Å². The monoisotopic (exact) mass is 448 g/mol. The minimum atomic E-state index is -1.13. The first-order valence-electron chi connectivity index (χ1n) is 9.06. The molecule has 11 heteroatoms. The number of carbonyl (C=O) groups is 1. The van der Waals surface area contributed by atoms with Gasteiger partial charge in [-0.3, -0.25) is 0 Å². The highest BCUT2D eigenvalue weighted by atomic mass is 35.5. The van der Waals surface area contributed by atoms with Crippen molar-refractivity contribution in [3.63, 3.8) is 0 Å². The van der Waals surface area contributed by atoms with E-state index in [0.29, 0.717) is 21.8 Å². The lowest BCUT2D eigenvalue weighted by Gasteiger charge is -2.18. The van der Waals surface area contributed by atoms with Gasteiger partial charge in [0.15, 0.2) is 11.5 Å². The summed E-state index contributed by atoms with van der Waals surface area (Å²) in [7, 11) is 3.75. The van der Waals surface area contributed by atoms with E-state index in [-0.39, 0.29) is 18.1 Å². The first-order chi connectivity index (χ1) is 14.4. The Balaban J connectivity index is 0.000000806. The van der Waals surface area contributed by atoms with Gasteiger partial charge < -0.3 is 30.6 Å². The second kappa shape index (κ2) is 9.51. The van der Waals surface area contributed by atoms with Crippen LogP contribution in [0.4, 0.5) is 5.82 Å². The zero-order valence-electron chi connectivity index (χ0n) is 16.3. The Morgan fingerprint density at radius 1 is 1.30 bits per heavy atom. The first-order valence-corrected chi connectivity index (χ1v) is 10.3. The number of thiophene rings is 1. The molecule has 1 saturated carbocycles. The molecule has 1 fully saturated rings. The summed E-state index contributed by atoms with van der Waals surface area (Å²) in [5.41, 5.74) is 6.74. The molecule has 4 unspecified atom stereocenters. The fourth-order valence-corrected chi connectivity index (χ4v) is 4.09. The Hall–Kier alpha value is -2.55. The van der Waals surface area contributed by atoms with Crippen LogP contribution in [0.1, 0.15) is 23.2 Å². The molecule has 0 saturated heterocycles. The van der Waals surface area contributed by atoms with Crippen LogP contribution in [-0.2, 0) is 4.79 Å². The van der Waals surface area contributed by atoms with Gasteiger partial charge in [-0.25, -0.2) is 15.0 Å². The molecule has 5 N–H and O–H groups in total. The van der Waals surface area contributed by atoms with Gasteiger partial charge in [0.2, 0.25) is 5.82 Å². The van der Waals surface area contributed by atoms with Crippen molar-refractivity contribution in [2.24, 2.45) is 5.92 Å². The Labute approximate surface area is 181 Å². The molecule has 158 valence electrons. The van der Waals surface area contributed by atoms with Gasteiger partial charge in [-0.1, -0.05) is 11.6 Å². The Bertz CT molecular complexity index is 1100. The van der Waals surface area contributed by atoms with Gasteiger partial charge in [-0.05, 0) is 44.5 Å². The van der Waals surface area contributed by atoms with E-state index in [1.54, 1.807) is 16.7 Å². The van der Waals surface area contributed by atoms with Crippen molar-refractivity contribution in [2.75, 3.05) is 19.8 Å². The van der Waals surface area contributed by atoms with Crippen LogP contribution in [0, 0.1) is 17.8 Å². The summed E-state index contributed by atoms with van der Waals surface area (Å²) in [5, 5.41) is 23.1. The molecule has 0 aromatic carbocycles. The molecule has 4 atom stereocenters. The number of nitrogens with zero attached hydrogens (tertiary/aromatic N) is 4. The van der Waals surface area contributed by atoms with Gasteiger partial charge >= 0.3 is 0 Å². The highest BCUT2D eigenvalue weighted by Crippen LogP contribution is 2.36. The number of hydrogen-bond donors (Lipinski definition) is 4. The molecule has 1 aliphatic rings. The number of rotatable bonds is 2. The lowest BCUT2D eigenvalue weighted by atomic mass is 10.1. The zero-order valence-corrected chi connectivity index (χ0v) is 17.9. The molecule has 9 nitrogen and oxygen atoms in total. The van der Waals surface area contributed by atoms with Crippen LogP contribution in [0.25, 0.3) is 11.2 Å². The molecule has 3 aromatic heterocycles. The normalized spacial score (nSPS) is 22.8. The van der Waals surface area contributed by atoms with Gasteiger partial charge in [0.25, 0.3) is 0 Å². The summed E-state index contributed by atoms with van der Waals surface area (Å²) in [5.74, 6) is 5.48. The summed E-state index contributed by atoms with van der Waals surface area (Å²) in [6, 6.07) is 2.99. The maximum atomic E-state index is 11.1. The van der Waals surface area contributed by atoms with Gasteiger partial charge in [-0.2, -0.15) is 0 Å². The van der Waals surface area contributed by atoms with Crippen LogP contribution in [0.2, 0.25) is 4.34 Å². The molecule has 3 aromatic rings. The second-order valence-electron chi connectivity index (χ2n) is 6.69. The van der Waals surface area contributed by atoms with Gasteiger partial charge in [0.05, 0.1) is 27.7 Å². The maximum absolute atomic E-state index is 11.1. The molecule has 4 rings (SSSR count). The summed E-state index contributed by atoms with van der Waals surface area (Å²) >= 11 is 7.23. The molecule has 1 aliphatic carbocycles. The first kappa shape index (κ1) is 22.1. The van der Waals surface area contributed by atoms with Crippen molar-refractivity contribution in [1.82, 2.24) is 24.8 Å². The topological polar surface area (TPSA) is 139 Å². The average Bonchev–Trinajstić information content (AvgIpc) is 3.40. The molecule has 0 spiro atoms. The molecule has 3 heterocycles. The minimum absolute atomic E-state index is 0.159. The molecular weight excluding hydrogens is 428 g/mol. The van der Waals surface area contributed by atoms with Crippen molar-refractivity contribution in [3.05, 3.63) is 33.5 Å². The van der Waals surface area contributed by atoms with Crippen LogP contribution >= 0.6 is 22.9 Å². The average molecular weight is 449 g/mol. The highest BCUT2D eigenvalue weighted by molar-refractivity contribution is 7.16. The van der Waals surface area contributed by atoms with Crippen molar-refractivity contribution < 1.29 is 15.0 Å². The standard InChI is InChI=1S/C17H14ClN5O3S.C2H7N/c18-11-3-1-9(27-11)2-4-12-21-16(19)13-17(22-12)23(7-20-13)10-5-8(6-24)14(25)15(10)26;1-3-2/h1,3,6-8,10,14-15,25-26H,5H2,(H2,19,21,22);3H,1-2H3. The number of aliphatic hydroxyl groups is 2. The third kappa shape index (κ3) is 4.45. The predicted molar refractivity (Wildman–Crippen MR) is 115 cm³/mol. The second-order valence-corrected chi connectivity index (χ2v) is 8.41. The highest BCUT2D eigenvalue weighted by Gasteiger charge is 2.43. The molecule has 0 bridgehead atoms. The zero-order chi connectivity index (χ0) is 21.8. The van der Waals surface area contributed by atoms with Crippen LogP contribution < -0.4 is 11.1 Å². The summed E-state index contributed by atoms with van der Waals surface area (Å²) in [6.45, 7) is 0. The number of aromatic nitrogens is 4. The number of nitrogens with two attached hydrogens (primary N) is 1. The Morgan fingerprint density at radius 2 is 2.03 bits per heavy atom. The summed E-state index contributed by atoms with van der Waals surface area (Å²) in [6.07, 6.45) is 0.151. The van der Waals surface area contributed by atoms with Gasteiger partial charge in [-0.15, -0.1) is 11.3 Å². The Kier molecular flexibility index (Phi) is 7.02. The van der Waals surface area contributed by atoms with Crippen molar-refractivity contribution in [3.8, 4) is 11.8 Å². The van der Waals surface area contributed by atoms with Crippen LogP contribution in [0.15, 0.2) is 18.5 Å². The number of fused-ring (bicyclic) bond motifs is 1. The number of aldehydes is 1. The SMILES string of the molecule is CNC.Nc1nc(C#Cc2ccc(Cl)s2)nc2c1ncn2C1CC(C=O)C(O)C1O. The number of aliphatic hydroxyl groups excluding tert-OH is 2. The summed E-state index contributed by atoms with van der Waals surface area (Å²) < 4.78 is 2.24. The van der Waals surface area contributed by atoms with Gasteiger partial charge in [0.1, 0.15) is 17.9 Å². The number of anilines is 1.